The number of hydrogen-bond donors (Lipinski definition) is 2. The minimum Gasteiger partial charge on any atom is -0.323 e. The summed E-state index contributed by atoms with van der Waals surface area (Å²) >= 11 is 0. The summed E-state index contributed by atoms with van der Waals surface area (Å²) in [5.41, 5.74) is 7.23. The Balaban J connectivity index is 2.34. The molecule has 2 amide bonds. The number of nitrogens with zero attached hydrogens (tertiary/aromatic N) is 1. The zero-order valence-electron chi connectivity index (χ0n) is 10.5. The van der Waals surface area contributed by atoms with Crippen LogP contribution in [0.15, 0.2) is 24.3 Å². The smallest absolute Gasteiger partial charge is 0.244 e. The number of fused-ring (bicyclic) bond motifs is 1. The molecule has 0 aliphatic carbocycles. The molecule has 1 aromatic carbocycles. The second-order valence-corrected chi connectivity index (χ2v) is 4.76. The molecule has 5 heteroatoms. The van der Waals surface area contributed by atoms with Crippen LogP contribution in [0.5, 0.6) is 0 Å². The summed E-state index contributed by atoms with van der Waals surface area (Å²) in [5.74, 6) is -0.375. The molecule has 0 bridgehead atoms. The fourth-order valence-corrected chi connectivity index (χ4v) is 1.89. The summed E-state index contributed by atoms with van der Waals surface area (Å²) in [6, 6.07) is 6.63. The van der Waals surface area contributed by atoms with E-state index in [9.17, 15) is 9.59 Å². The Morgan fingerprint density at radius 3 is 2.72 bits per heavy atom. The number of carbonyl (C=O) groups excluding carboxylic acids is 2. The lowest BCUT2D eigenvalue weighted by Gasteiger charge is -2.31. The molecule has 1 atom stereocenters. The third-order valence-electron chi connectivity index (χ3n) is 3.04. The minimum absolute atomic E-state index is 0.0241. The van der Waals surface area contributed by atoms with Crippen molar-refractivity contribution in [1.82, 2.24) is 0 Å². The van der Waals surface area contributed by atoms with Crippen LogP contribution in [0.2, 0.25) is 0 Å². The van der Waals surface area contributed by atoms with E-state index < -0.39 is 6.04 Å². The molecule has 0 fully saturated rings. The molecular formula is C13H17N3O2. The van der Waals surface area contributed by atoms with Crippen LogP contribution >= 0.6 is 0 Å². The number of amides is 2. The van der Waals surface area contributed by atoms with Crippen LogP contribution in [0, 0.1) is 5.92 Å². The summed E-state index contributed by atoms with van der Waals surface area (Å²) in [7, 11) is 0. The number of nitrogens with one attached hydrogen (secondary N) is 1. The Hall–Kier alpha value is -1.88. The topological polar surface area (TPSA) is 75.4 Å². The van der Waals surface area contributed by atoms with Crippen LogP contribution in [0.3, 0.4) is 0 Å². The van der Waals surface area contributed by atoms with Crippen LogP contribution in [0.4, 0.5) is 11.4 Å². The Morgan fingerprint density at radius 1 is 1.39 bits per heavy atom. The predicted octanol–water partition coefficient (Wildman–Crippen LogP) is 0.955. The van der Waals surface area contributed by atoms with Gasteiger partial charge in [-0.2, -0.15) is 0 Å². The number of carbonyl (C=O) groups is 2. The average molecular weight is 247 g/mol. The quantitative estimate of drug-likeness (QED) is 0.817. The summed E-state index contributed by atoms with van der Waals surface area (Å²) in [5, 5.41) is 2.74. The summed E-state index contributed by atoms with van der Waals surface area (Å²) in [6.45, 7) is 3.80. The molecule has 5 nitrogen and oxygen atoms in total. The maximum absolute atomic E-state index is 12.3. The summed E-state index contributed by atoms with van der Waals surface area (Å²) < 4.78 is 0. The van der Waals surface area contributed by atoms with Crippen LogP contribution < -0.4 is 16.0 Å². The van der Waals surface area contributed by atoms with Gasteiger partial charge in [0.05, 0.1) is 17.4 Å². The lowest BCUT2D eigenvalue weighted by atomic mass is 10.0. The number of benzene rings is 1. The molecule has 2 rings (SSSR count). The molecule has 0 spiro atoms. The average Bonchev–Trinajstić information content (AvgIpc) is 2.35. The molecule has 1 aromatic rings. The third kappa shape index (κ3) is 2.22. The van der Waals surface area contributed by atoms with E-state index >= 15 is 0 Å². The Morgan fingerprint density at radius 2 is 2.06 bits per heavy atom. The van der Waals surface area contributed by atoms with Gasteiger partial charge in [0.25, 0.3) is 0 Å². The normalized spacial score (nSPS) is 16.2. The van der Waals surface area contributed by atoms with E-state index in [0.717, 1.165) is 0 Å². The molecule has 1 aliphatic heterocycles. The lowest BCUT2D eigenvalue weighted by Crippen LogP contribution is -2.51. The zero-order chi connectivity index (χ0) is 13.3. The van der Waals surface area contributed by atoms with Crippen molar-refractivity contribution >= 4 is 23.2 Å². The molecule has 0 saturated heterocycles. The maximum atomic E-state index is 12.3. The first-order valence-corrected chi connectivity index (χ1v) is 5.96. The van der Waals surface area contributed by atoms with Gasteiger partial charge in [-0.1, -0.05) is 26.0 Å². The molecule has 0 aromatic heterocycles. The lowest BCUT2D eigenvalue weighted by molar-refractivity contribution is -0.123. The first-order valence-electron chi connectivity index (χ1n) is 5.96. The largest absolute Gasteiger partial charge is 0.323 e. The molecule has 1 unspecified atom stereocenters. The van der Waals surface area contributed by atoms with Crippen molar-refractivity contribution in [2.24, 2.45) is 11.7 Å². The van der Waals surface area contributed by atoms with Gasteiger partial charge in [-0.3, -0.25) is 14.5 Å². The van der Waals surface area contributed by atoms with Crippen LogP contribution in [-0.4, -0.2) is 24.4 Å². The second-order valence-electron chi connectivity index (χ2n) is 4.76. The first kappa shape index (κ1) is 12.6. The van der Waals surface area contributed by atoms with E-state index in [1.54, 1.807) is 12.1 Å². The zero-order valence-corrected chi connectivity index (χ0v) is 10.5. The van der Waals surface area contributed by atoms with Gasteiger partial charge in [-0.15, -0.1) is 0 Å². The van der Waals surface area contributed by atoms with E-state index in [1.807, 2.05) is 26.0 Å². The molecule has 1 heterocycles. The summed E-state index contributed by atoms with van der Waals surface area (Å²) in [4.78, 5) is 25.3. The number of hydrogen-bond acceptors (Lipinski definition) is 3. The van der Waals surface area contributed by atoms with Crippen LogP contribution in [0.25, 0.3) is 0 Å². The Bertz CT molecular complexity index is 485. The van der Waals surface area contributed by atoms with Gasteiger partial charge < -0.3 is 11.1 Å². The molecule has 0 radical (unpaired) electrons. The van der Waals surface area contributed by atoms with Crippen molar-refractivity contribution in [1.29, 1.82) is 0 Å². The van der Waals surface area contributed by atoms with E-state index in [2.05, 4.69) is 5.32 Å². The highest BCUT2D eigenvalue weighted by Gasteiger charge is 2.30. The maximum Gasteiger partial charge on any atom is 0.244 e. The Labute approximate surface area is 106 Å². The van der Waals surface area contributed by atoms with Gasteiger partial charge in [0.2, 0.25) is 11.8 Å². The van der Waals surface area contributed by atoms with Crippen molar-refractivity contribution in [2.75, 3.05) is 16.8 Å². The molecule has 0 saturated carbocycles. The molecule has 18 heavy (non-hydrogen) atoms. The van der Waals surface area contributed by atoms with Gasteiger partial charge in [-0.25, -0.2) is 0 Å². The van der Waals surface area contributed by atoms with Gasteiger partial charge in [0, 0.05) is 0 Å². The molecule has 1 aliphatic rings. The fraction of sp³-hybridized carbons (Fsp3) is 0.385. The SMILES string of the molecule is CC(C)C(N)C(=O)N1CC(=O)Nc2ccccc21. The van der Waals surface area contributed by atoms with Crippen molar-refractivity contribution in [3.63, 3.8) is 0 Å². The van der Waals surface area contributed by atoms with Gasteiger partial charge >= 0.3 is 0 Å². The van der Waals surface area contributed by atoms with E-state index in [1.165, 1.54) is 4.90 Å². The minimum atomic E-state index is -0.594. The number of para-hydroxylation sites is 2. The number of anilines is 2. The molecule has 96 valence electrons. The highest BCUT2D eigenvalue weighted by atomic mass is 16.2. The van der Waals surface area contributed by atoms with Crippen molar-refractivity contribution in [2.45, 2.75) is 19.9 Å². The molecular weight excluding hydrogens is 230 g/mol. The fourth-order valence-electron chi connectivity index (χ4n) is 1.89. The second kappa shape index (κ2) is 4.78. The first-order chi connectivity index (χ1) is 8.50. The third-order valence-corrected chi connectivity index (χ3v) is 3.04. The van der Waals surface area contributed by atoms with Gasteiger partial charge in [-0.05, 0) is 18.1 Å². The highest BCUT2D eigenvalue weighted by molar-refractivity contribution is 6.11. The van der Waals surface area contributed by atoms with Crippen LogP contribution in [-0.2, 0) is 9.59 Å². The monoisotopic (exact) mass is 247 g/mol. The standard InChI is InChI=1S/C13H17N3O2/c1-8(2)12(14)13(18)16-7-11(17)15-9-5-3-4-6-10(9)16/h3-6,8,12H,7,14H2,1-2H3,(H,15,17). The van der Waals surface area contributed by atoms with Gasteiger partial charge in [0.1, 0.15) is 6.54 Å². The number of rotatable bonds is 2. The van der Waals surface area contributed by atoms with Crippen molar-refractivity contribution in [3.05, 3.63) is 24.3 Å². The van der Waals surface area contributed by atoms with Crippen LogP contribution in [0.1, 0.15) is 13.8 Å². The summed E-state index contributed by atoms with van der Waals surface area (Å²) in [6.07, 6.45) is 0. The molecule has 3 N–H and O–H groups in total. The highest BCUT2D eigenvalue weighted by Crippen LogP contribution is 2.29. The Kier molecular flexibility index (Phi) is 3.34. The van der Waals surface area contributed by atoms with E-state index in [4.69, 9.17) is 5.73 Å². The predicted molar refractivity (Wildman–Crippen MR) is 70.2 cm³/mol. The van der Waals surface area contributed by atoms with Crippen molar-refractivity contribution < 1.29 is 9.59 Å². The van der Waals surface area contributed by atoms with E-state index in [0.29, 0.717) is 11.4 Å². The van der Waals surface area contributed by atoms with E-state index in [-0.39, 0.29) is 24.3 Å². The van der Waals surface area contributed by atoms with Gasteiger partial charge in [0.15, 0.2) is 0 Å². The van der Waals surface area contributed by atoms with Crippen molar-refractivity contribution in [3.8, 4) is 0 Å². The number of nitrogens with two attached hydrogens (primary N) is 1.